The summed E-state index contributed by atoms with van der Waals surface area (Å²) in [7, 11) is 0. The van der Waals surface area contributed by atoms with Crippen LogP contribution >= 0.6 is 0 Å². The third kappa shape index (κ3) is 2.62. The van der Waals surface area contributed by atoms with Crippen LogP contribution < -0.4 is 5.32 Å². The molecule has 0 atom stereocenters. The number of anilines is 1. The molecule has 1 N–H and O–H groups in total. The lowest BCUT2D eigenvalue weighted by molar-refractivity contribution is 0.102. The van der Waals surface area contributed by atoms with Crippen molar-refractivity contribution >= 4 is 33.7 Å². The first-order valence-electron chi connectivity index (χ1n) is 7.32. The Labute approximate surface area is 132 Å². The van der Waals surface area contributed by atoms with E-state index in [0.29, 0.717) is 11.1 Å². The summed E-state index contributed by atoms with van der Waals surface area (Å²) in [5, 5.41) is 2.87. The van der Waals surface area contributed by atoms with E-state index in [-0.39, 0.29) is 5.91 Å². The normalized spacial score (nSPS) is 10.8. The smallest absolute Gasteiger partial charge is 0.255 e. The molecule has 0 fully saturated rings. The van der Waals surface area contributed by atoms with Crippen molar-refractivity contribution < 1.29 is 4.79 Å². The van der Waals surface area contributed by atoms with Gasteiger partial charge in [0.25, 0.3) is 5.91 Å². The summed E-state index contributed by atoms with van der Waals surface area (Å²) in [6.07, 6.45) is 0. The Balaban J connectivity index is 1.73. The van der Waals surface area contributed by atoms with E-state index in [1.54, 1.807) is 12.1 Å². The molecule has 23 heavy (non-hydrogen) atoms. The van der Waals surface area contributed by atoms with Gasteiger partial charge in [-0.1, -0.05) is 30.3 Å². The SMILES string of the molecule is O=C(Nc1ccccc1)c1ccc2nc3ccccc3nc2c1. The van der Waals surface area contributed by atoms with Gasteiger partial charge in [0.05, 0.1) is 22.1 Å². The number of nitrogens with one attached hydrogen (secondary N) is 1. The van der Waals surface area contributed by atoms with Gasteiger partial charge in [-0.15, -0.1) is 0 Å². The number of carbonyl (C=O) groups is 1. The van der Waals surface area contributed by atoms with Crippen LogP contribution in [-0.4, -0.2) is 15.9 Å². The third-order valence-corrected chi connectivity index (χ3v) is 3.63. The molecule has 1 heterocycles. The first kappa shape index (κ1) is 13.4. The predicted molar refractivity (Wildman–Crippen MR) is 91.4 cm³/mol. The number of fused-ring (bicyclic) bond motifs is 2. The average Bonchev–Trinajstić information content (AvgIpc) is 2.60. The molecule has 4 aromatic rings. The van der Waals surface area contributed by atoms with E-state index in [0.717, 1.165) is 22.2 Å². The van der Waals surface area contributed by atoms with E-state index in [1.807, 2.05) is 60.7 Å². The minimum absolute atomic E-state index is 0.159. The van der Waals surface area contributed by atoms with Crippen molar-refractivity contribution in [3.63, 3.8) is 0 Å². The number of hydrogen-bond donors (Lipinski definition) is 1. The molecule has 0 aliphatic rings. The molecule has 4 heteroatoms. The summed E-state index contributed by atoms with van der Waals surface area (Å²) in [6, 6.07) is 22.5. The van der Waals surface area contributed by atoms with Gasteiger partial charge in [-0.25, -0.2) is 9.97 Å². The van der Waals surface area contributed by atoms with E-state index in [9.17, 15) is 4.79 Å². The van der Waals surface area contributed by atoms with Crippen molar-refractivity contribution in [3.05, 3.63) is 78.4 Å². The van der Waals surface area contributed by atoms with Gasteiger partial charge in [-0.05, 0) is 42.5 Å². The quantitative estimate of drug-likeness (QED) is 0.568. The molecule has 0 spiro atoms. The number of hydrogen-bond acceptors (Lipinski definition) is 3. The Bertz CT molecular complexity index is 1010. The molecule has 0 aliphatic carbocycles. The van der Waals surface area contributed by atoms with Crippen LogP contribution in [0.2, 0.25) is 0 Å². The summed E-state index contributed by atoms with van der Waals surface area (Å²) in [4.78, 5) is 21.5. The van der Waals surface area contributed by atoms with Crippen LogP contribution in [0.1, 0.15) is 10.4 Å². The molecule has 4 nitrogen and oxygen atoms in total. The van der Waals surface area contributed by atoms with Gasteiger partial charge >= 0.3 is 0 Å². The van der Waals surface area contributed by atoms with Gasteiger partial charge in [0.1, 0.15) is 0 Å². The van der Waals surface area contributed by atoms with Crippen LogP contribution in [-0.2, 0) is 0 Å². The number of carbonyl (C=O) groups excluding carboxylic acids is 1. The first-order valence-corrected chi connectivity index (χ1v) is 7.32. The lowest BCUT2D eigenvalue weighted by Crippen LogP contribution is -2.11. The minimum atomic E-state index is -0.159. The summed E-state index contributed by atoms with van der Waals surface area (Å²) < 4.78 is 0. The van der Waals surface area contributed by atoms with Crippen LogP contribution in [0.4, 0.5) is 5.69 Å². The van der Waals surface area contributed by atoms with Crippen molar-refractivity contribution in [3.8, 4) is 0 Å². The molecule has 0 radical (unpaired) electrons. The van der Waals surface area contributed by atoms with Crippen LogP contribution in [0, 0.1) is 0 Å². The van der Waals surface area contributed by atoms with Crippen molar-refractivity contribution in [2.45, 2.75) is 0 Å². The number of nitrogens with zero attached hydrogens (tertiary/aromatic N) is 2. The minimum Gasteiger partial charge on any atom is -0.322 e. The van der Waals surface area contributed by atoms with Gasteiger partial charge in [0.2, 0.25) is 0 Å². The number of amides is 1. The largest absolute Gasteiger partial charge is 0.322 e. The topological polar surface area (TPSA) is 54.9 Å². The van der Waals surface area contributed by atoms with Crippen LogP contribution in [0.15, 0.2) is 72.8 Å². The monoisotopic (exact) mass is 299 g/mol. The standard InChI is InChI=1S/C19H13N3O/c23-19(20-14-6-2-1-3-7-14)13-10-11-17-18(12-13)22-16-9-5-4-8-15(16)21-17/h1-12H,(H,20,23). The highest BCUT2D eigenvalue weighted by Crippen LogP contribution is 2.18. The Kier molecular flexibility index (Phi) is 3.20. The predicted octanol–water partition coefficient (Wildman–Crippen LogP) is 4.04. The highest BCUT2D eigenvalue weighted by atomic mass is 16.1. The van der Waals surface area contributed by atoms with Crippen LogP contribution in [0.5, 0.6) is 0 Å². The second-order valence-corrected chi connectivity index (χ2v) is 5.24. The molecule has 0 aliphatic heterocycles. The number of rotatable bonds is 2. The van der Waals surface area contributed by atoms with Gasteiger partial charge in [-0.2, -0.15) is 0 Å². The first-order chi connectivity index (χ1) is 11.3. The third-order valence-electron chi connectivity index (χ3n) is 3.63. The fourth-order valence-electron chi connectivity index (χ4n) is 2.49. The van der Waals surface area contributed by atoms with Crippen LogP contribution in [0.25, 0.3) is 22.1 Å². The van der Waals surface area contributed by atoms with Gasteiger partial charge < -0.3 is 5.32 Å². The zero-order valence-corrected chi connectivity index (χ0v) is 12.2. The van der Waals surface area contributed by atoms with Crippen molar-refractivity contribution in [2.75, 3.05) is 5.32 Å². The average molecular weight is 299 g/mol. The molecule has 0 unspecified atom stereocenters. The molecule has 0 bridgehead atoms. The van der Waals surface area contributed by atoms with Crippen molar-refractivity contribution in [1.82, 2.24) is 9.97 Å². The van der Waals surface area contributed by atoms with Crippen molar-refractivity contribution in [1.29, 1.82) is 0 Å². The fourth-order valence-corrected chi connectivity index (χ4v) is 2.49. The second kappa shape index (κ2) is 5.50. The molecular formula is C19H13N3O. The van der Waals surface area contributed by atoms with Gasteiger partial charge in [0.15, 0.2) is 0 Å². The number of aromatic nitrogens is 2. The Morgan fingerprint density at radius 2 is 1.30 bits per heavy atom. The number of benzene rings is 3. The molecule has 4 rings (SSSR count). The molecule has 0 saturated heterocycles. The van der Waals surface area contributed by atoms with Gasteiger partial charge in [0, 0.05) is 11.3 Å². The van der Waals surface area contributed by atoms with E-state index < -0.39 is 0 Å². The van der Waals surface area contributed by atoms with E-state index in [4.69, 9.17) is 0 Å². The fraction of sp³-hybridized carbons (Fsp3) is 0. The molecule has 1 aromatic heterocycles. The van der Waals surface area contributed by atoms with E-state index >= 15 is 0 Å². The molecular weight excluding hydrogens is 286 g/mol. The molecule has 0 saturated carbocycles. The Morgan fingerprint density at radius 1 is 0.696 bits per heavy atom. The highest BCUT2D eigenvalue weighted by molar-refractivity contribution is 6.06. The maximum absolute atomic E-state index is 12.4. The zero-order chi connectivity index (χ0) is 15.6. The van der Waals surface area contributed by atoms with E-state index in [1.165, 1.54) is 0 Å². The summed E-state index contributed by atoms with van der Waals surface area (Å²) >= 11 is 0. The summed E-state index contributed by atoms with van der Waals surface area (Å²) in [5.41, 5.74) is 4.49. The second-order valence-electron chi connectivity index (χ2n) is 5.24. The lowest BCUT2D eigenvalue weighted by atomic mass is 10.1. The molecule has 110 valence electrons. The molecule has 1 amide bonds. The number of para-hydroxylation sites is 3. The highest BCUT2D eigenvalue weighted by Gasteiger charge is 2.08. The maximum atomic E-state index is 12.4. The Hall–Kier alpha value is -3.27. The lowest BCUT2D eigenvalue weighted by Gasteiger charge is -2.06. The van der Waals surface area contributed by atoms with Gasteiger partial charge in [-0.3, -0.25) is 4.79 Å². The van der Waals surface area contributed by atoms with E-state index in [2.05, 4.69) is 15.3 Å². The molecule has 3 aromatic carbocycles. The Morgan fingerprint density at radius 3 is 2.04 bits per heavy atom. The van der Waals surface area contributed by atoms with Crippen LogP contribution in [0.3, 0.4) is 0 Å². The van der Waals surface area contributed by atoms with Crippen molar-refractivity contribution in [2.24, 2.45) is 0 Å². The maximum Gasteiger partial charge on any atom is 0.255 e. The zero-order valence-electron chi connectivity index (χ0n) is 12.2. The summed E-state index contributed by atoms with van der Waals surface area (Å²) in [6.45, 7) is 0. The summed E-state index contributed by atoms with van der Waals surface area (Å²) in [5.74, 6) is -0.159.